The molecule has 3 rings (SSSR count). The summed E-state index contributed by atoms with van der Waals surface area (Å²) in [5.41, 5.74) is 8.86. The van der Waals surface area contributed by atoms with Gasteiger partial charge < -0.3 is 10.3 Å². The first-order valence-electron chi connectivity index (χ1n) is 7.87. The summed E-state index contributed by atoms with van der Waals surface area (Å²) in [4.78, 5) is 4.94. The quantitative estimate of drug-likeness (QED) is 0.922. The van der Waals surface area contributed by atoms with Gasteiger partial charge in [-0.2, -0.15) is 0 Å². The molecule has 0 unspecified atom stereocenters. The summed E-state index contributed by atoms with van der Waals surface area (Å²) in [6.45, 7) is 7.43. The van der Waals surface area contributed by atoms with E-state index in [1.54, 1.807) is 0 Å². The van der Waals surface area contributed by atoms with E-state index in [9.17, 15) is 0 Å². The Morgan fingerprint density at radius 3 is 2.38 bits per heavy atom. The van der Waals surface area contributed by atoms with E-state index in [0.29, 0.717) is 5.92 Å². The topological polar surface area (TPSA) is 43.8 Å². The Morgan fingerprint density at radius 2 is 1.86 bits per heavy atom. The Bertz CT molecular complexity index is 616. The zero-order valence-electron chi connectivity index (χ0n) is 13.3. The van der Waals surface area contributed by atoms with Crippen molar-refractivity contribution in [2.45, 2.75) is 57.9 Å². The average Bonchev–Trinajstić information content (AvgIpc) is 2.67. The fraction of sp³-hybridized carbons (Fsp3) is 0.500. The molecule has 0 bridgehead atoms. The van der Waals surface area contributed by atoms with Crippen molar-refractivity contribution in [1.29, 1.82) is 0 Å². The molecule has 2 aromatic rings. The van der Waals surface area contributed by atoms with Crippen LogP contribution in [0.15, 0.2) is 30.3 Å². The van der Waals surface area contributed by atoms with Gasteiger partial charge in [-0.05, 0) is 18.4 Å². The first-order chi connectivity index (χ1) is 9.97. The summed E-state index contributed by atoms with van der Waals surface area (Å²) in [5.74, 6) is 2.54. The first kappa shape index (κ1) is 14.2. The molecule has 0 aliphatic heterocycles. The third-order valence-electron chi connectivity index (χ3n) is 4.38. The van der Waals surface area contributed by atoms with Gasteiger partial charge in [0.15, 0.2) is 0 Å². The maximum absolute atomic E-state index is 6.46. The van der Waals surface area contributed by atoms with E-state index in [1.165, 1.54) is 24.8 Å². The molecule has 112 valence electrons. The van der Waals surface area contributed by atoms with Crippen LogP contribution >= 0.6 is 0 Å². The Balaban J connectivity index is 2.02. The number of hydrogen-bond donors (Lipinski definition) is 1. The minimum Gasteiger partial charge on any atom is -0.384 e. The van der Waals surface area contributed by atoms with Crippen LogP contribution in [0.1, 0.15) is 63.0 Å². The highest BCUT2D eigenvalue weighted by Gasteiger charge is 2.30. The SMILES string of the molecule is CC(C)(C)c1nc(C2CCC2)c(N)n1Cc1ccccc1. The van der Waals surface area contributed by atoms with Gasteiger partial charge in [0.1, 0.15) is 11.6 Å². The summed E-state index contributed by atoms with van der Waals surface area (Å²) in [7, 11) is 0. The van der Waals surface area contributed by atoms with E-state index in [4.69, 9.17) is 10.7 Å². The second-order valence-electron chi connectivity index (χ2n) is 7.16. The lowest BCUT2D eigenvalue weighted by atomic mass is 9.83. The smallest absolute Gasteiger partial charge is 0.127 e. The Morgan fingerprint density at radius 1 is 1.19 bits per heavy atom. The summed E-state index contributed by atoms with van der Waals surface area (Å²) >= 11 is 0. The lowest BCUT2D eigenvalue weighted by molar-refractivity contribution is 0.411. The monoisotopic (exact) mass is 283 g/mol. The standard InChI is InChI=1S/C18H25N3/c1-18(2,3)17-20-15(14-10-7-11-14)16(19)21(17)12-13-8-5-4-6-9-13/h4-6,8-9,14H,7,10-12,19H2,1-3H3. The predicted octanol–water partition coefficient (Wildman–Crippen LogP) is 4.08. The molecular weight excluding hydrogens is 258 g/mol. The van der Waals surface area contributed by atoms with E-state index in [0.717, 1.165) is 23.9 Å². The molecule has 1 aliphatic rings. The molecule has 0 saturated heterocycles. The van der Waals surface area contributed by atoms with Crippen molar-refractivity contribution in [1.82, 2.24) is 9.55 Å². The molecule has 1 aromatic heterocycles. The van der Waals surface area contributed by atoms with Crippen molar-refractivity contribution in [2.75, 3.05) is 5.73 Å². The number of rotatable bonds is 3. The van der Waals surface area contributed by atoms with E-state index >= 15 is 0 Å². The van der Waals surface area contributed by atoms with Crippen molar-refractivity contribution < 1.29 is 0 Å². The van der Waals surface area contributed by atoms with Gasteiger partial charge in [-0.3, -0.25) is 0 Å². The predicted molar refractivity (Wildman–Crippen MR) is 87.5 cm³/mol. The average molecular weight is 283 g/mol. The van der Waals surface area contributed by atoms with Crippen molar-refractivity contribution in [3.8, 4) is 0 Å². The molecule has 3 heteroatoms. The Kier molecular flexibility index (Phi) is 3.52. The molecule has 1 aromatic carbocycles. The van der Waals surface area contributed by atoms with Gasteiger partial charge in [0.25, 0.3) is 0 Å². The molecule has 1 heterocycles. The molecule has 3 nitrogen and oxygen atoms in total. The van der Waals surface area contributed by atoms with Crippen molar-refractivity contribution >= 4 is 5.82 Å². The molecule has 1 saturated carbocycles. The van der Waals surface area contributed by atoms with E-state index in [-0.39, 0.29) is 5.41 Å². The lowest BCUT2D eigenvalue weighted by Gasteiger charge is -2.24. The normalized spacial score (nSPS) is 16.0. The minimum atomic E-state index is 0.00486. The zero-order chi connectivity index (χ0) is 15.0. The van der Waals surface area contributed by atoms with Crippen LogP contribution in [0.2, 0.25) is 0 Å². The minimum absolute atomic E-state index is 0.00486. The van der Waals surface area contributed by atoms with Crippen LogP contribution in [-0.4, -0.2) is 9.55 Å². The van der Waals surface area contributed by atoms with Gasteiger partial charge in [0.2, 0.25) is 0 Å². The fourth-order valence-electron chi connectivity index (χ4n) is 2.96. The summed E-state index contributed by atoms with van der Waals surface area (Å²) < 4.78 is 2.21. The molecular formula is C18H25N3. The highest BCUT2D eigenvalue weighted by atomic mass is 15.2. The highest BCUT2D eigenvalue weighted by molar-refractivity contribution is 5.43. The number of nitrogens with zero attached hydrogens (tertiary/aromatic N) is 2. The number of imidazole rings is 1. The first-order valence-corrected chi connectivity index (χ1v) is 7.87. The third-order valence-corrected chi connectivity index (χ3v) is 4.38. The molecule has 0 spiro atoms. The molecule has 0 radical (unpaired) electrons. The van der Waals surface area contributed by atoms with Crippen LogP contribution in [0.3, 0.4) is 0 Å². The zero-order valence-corrected chi connectivity index (χ0v) is 13.3. The van der Waals surface area contributed by atoms with Crippen LogP contribution < -0.4 is 5.73 Å². The largest absolute Gasteiger partial charge is 0.384 e. The van der Waals surface area contributed by atoms with Crippen LogP contribution in [0.5, 0.6) is 0 Å². The van der Waals surface area contributed by atoms with E-state index in [2.05, 4.69) is 49.6 Å². The number of hydrogen-bond acceptors (Lipinski definition) is 2. The Labute approximate surface area is 127 Å². The second kappa shape index (κ2) is 5.21. The van der Waals surface area contributed by atoms with E-state index in [1.807, 2.05) is 6.07 Å². The van der Waals surface area contributed by atoms with Gasteiger partial charge in [-0.1, -0.05) is 57.5 Å². The molecule has 1 fully saturated rings. The van der Waals surface area contributed by atoms with Gasteiger partial charge in [0.05, 0.1) is 12.2 Å². The number of benzene rings is 1. The summed E-state index contributed by atoms with van der Waals surface area (Å²) in [5, 5.41) is 0. The van der Waals surface area contributed by atoms with Crippen LogP contribution in [-0.2, 0) is 12.0 Å². The highest BCUT2D eigenvalue weighted by Crippen LogP contribution is 2.40. The van der Waals surface area contributed by atoms with Crippen molar-refractivity contribution in [3.05, 3.63) is 47.4 Å². The maximum atomic E-state index is 6.46. The fourth-order valence-corrected chi connectivity index (χ4v) is 2.96. The molecule has 0 atom stereocenters. The maximum Gasteiger partial charge on any atom is 0.127 e. The second-order valence-corrected chi connectivity index (χ2v) is 7.16. The number of aromatic nitrogens is 2. The van der Waals surface area contributed by atoms with Gasteiger partial charge in [0, 0.05) is 11.3 Å². The van der Waals surface area contributed by atoms with Gasteiger partial charge in [-0.15, -0.1) is 0 Å². The molecule has 1 aliphatic carbocycles. The van der Waals surface area contributed by atoms with Crippen LogP contribution in [0, 0.1) is 0 Å². The number of nitrogens with two attached hydrogens (primary N) is 1. The van der Waals surface area contributed by atoms with Crippen LogP contribution in [0.25, 0.3) is 0 Å². The molecule has 2 N–H and O–H groups in total. The summed E-state index contributed by atoms with van der Waals surface area (Å²) in [6, 6.07) is 10.5. The summed E-state index contributed by atoms with van der Waals surface area (Å²) in [6.07, 6.45) is 3.77. The van der Waals surface area contributed by atoms with E-state index < -0.39 is 0 Å². The van der Waals surface area contributed by atoms with Gasteiger partial charge in [-0.25, -0.2) is 4.98 Å². The molecule has 21 heavy (non-hydrogen) atoms. The third kappa shape index (κ3) is 2.69. The van der Waals surface area contributed by atoms with Gasteiger partial charge >= 0.3 is 0 Å². The lowest BCUT2D eigenvalue weighted by Crippen LogP contribution is -2.20. The number of anilines is 1. The Hall–Kier alpha value is -1.77. The number of nitrogen functional groups attached to an aromatic ring is 1. The van der Waals surface area contributed by atoms with Crippen molar-refractivity contribution in [3.63, 3.8) is 0 Å². The van der Waals surface area contributed by atoms with Crippen LogP contribution in [0.4, 0.5) is 5.82 Å². The molecule has 0 amide bonds. The van der Waals surface area contributed by atoms with Crippen molar-refractivity contribution in [2.24, 2.45) is 0 Å².